The second-order valence-corrected chi connectivity index (χ2v) is 8.52. The van der Waals surface area contributed by atoms with E-state index >= 15 is 0 Å². The molecule has 29 heavy (non-hydrogen) atoms. The van der Waals surface area contributed by atoms with Gasteiger partial charge in [-0.3, -0.25) is 4.90 Å². The number of benzene rings is 1. The molecule has 0 fully saturated rings. The predicted molar refractivity (Wildman–Crippen MR) is 113 cm³/mol. The van der Waals surface area contributed by atoms with Crippen LogP contribution in [0.3, 0.4) is 0 Å². The molecule has 1 aromatic rings. The molecule has 0 aromatic heterocycles. The lowest BCUT2D eigenvalue weighted by molar-refractivity contribution is -0.109. The highest BCUT2D eigenvalue weighted by molar-refractivity contribution is 5.72. The van der Waals surface area contributed by atoms with Crippen LogP contribution in [0.4, 0.5) is 4.79 Å². The molecule has 1 amide bonds. The van der Waals surface area contributed by atoms with Gasteiger partial charge in [0.25, 0.3) is 0 Å². The smallest absolute Gasteiger partial charge is 0.411 e. The lowest BCUT2D eigenvalue weighted by Crippen LogP contribution is -2.49. The summed E-state index contributed by atoms with van der Waals surface area (Å²) >= 11 is 0. The number of carbonyl (C=O) groups excluding carboxylic acids is 2. The molecule has 1 aromatic carbocycles. The summed E-state index contributed by atoms with van der Waals surface area (Å²) in [6.45, 7) is 7.72. The second-order valence-electron chi connectivity index (χ2n) is 8.52. The van der Waals surface area contributed by atoms with Crippen molar-refractivity contribution in [1.82, 2.24) is 4.90 Å². The van der Waals surface area contributed by atoms with E-state index in [0.29, 0.717) is 12.2 Å². The first-order valence-electron chi connectivity index (χ1n) is 10.5. The predicted octanol–water partition coefficient (Wildman–Crippen LogP) is 5.08. The minimum atomic E-state index is -0.616. The molecule has 0 aliphatic carbocycles. The number of fused-ring (bicyclic) bond motifs is 1. The maximum atomic E-state index is 13.2. The van der Waals surface area contributed by atoms with E-state index in [-0.39, 0.29) is 18.6 Å². The Labute approximate surface area is 174 Å². The molecule has 0 radical (unpaired) electrons. The van der Waals surface area contributed by atoms with E-state index in [1.807, 2.05) is 32.9 Å². The van der Waals surface area contributed by atoms with Gasteiger partial charge in [0, 0.05) is 23.6 Å². The normalized spacial score (nSPS) is 18.8. The summed E-state index contributed by atoms with van der Waals surface area (Å²) in [6.07, 6.45) is 5.36. The Balaban J connectivity index is 2.57. The van der Waals surface area contributed by atoms with Crippen molar-refractivity contribution in [3.63, 3.8) is 0 Å². The number of ether oxygens (including phenoxy) is 3. The average Bonchev–Trinajstić information content (AvgIpc) is 2.66. The minimum Gasteiger partial charge on any atom is -0.496 e. The fourth-order valence-electron chi connectivity index (χ4n) is 4.08. The van der Waals surface area contributed by atoms with Gasteiger partial charge in [0.15, 0.2) is 0 Å². The van der Waals surface area contributed by atoms with E-state index in [4.69, 9.17) is 14.2 Å². The molecule has 0 saturated heterocycles. The SMILES string of the molecule is CCCCC[C@H]1Cc2c(OC)ccc(OC)c2[C@@H](CC=O)N1C(=O)OC(C)(C)C. The lowest BCUT2D eigenvalue weighted by Gasteiger charge is -2.44. The first kappa shape index (κ1) is 23.0. The van der Waals surface area contributed by atoms with Crippen molar-refractivity contribution >= 4 is 12.4 Å². The number of methoxy groups -OCH3 is 2. The number of unbranched alkanes of at least 4 members (excludes halogenated alkanes) is 2. The Morgan fingerprint density at radius 3 is 2.38 bits per heavy atom. The number of hydrogen-bond donors (Lipinski definition) is 0. The monoisotopic (exact) mass is 405 g/mol. The molecule has 2 rings (SSSR count). The van der Waals surface area contributed by atoms with Crippen molar-refractivity contribution in [3.8, 4) is 11.5 Å². The van der Waals surface area contributed by atoms with Gasteiger partial charge in [0.05, 0.1) is 20.3 Å². The van der Waals surface area contributed by atoms with Crippen LogP contribution in [0.5, 0.6) is 11.5 Å². The highest BCUT2D eigenvalue weighted by Gasteiger charge is 2.42. The summed E-state index contributed by atoms with van der Waals surface area (Å²) in [7, 11) is 3.24. The van der Waals surface area contributed by atoms with Crippen molar-refractivity contribution in [2.45, 2.75) is 83.9 Å². The standard InChI is InChI=1S/C23H35NO5/c1-7-8-9-10-16-15-17-19(27-5)11-12-20(28-6)21(17)18(13-14-25)24(16)22(26)29-23(2,3)4/h11-12,14,16,18H,7-10,13,15H2,1-6H3/t16-,18+/m0/s1. The van der Waals surface area contributed by atoms with Crippen molar-refractivity contribution < 1.29 is 23.8 Å². The van der Waals surface area contributed by atoms with Crippen molar-refractivity contribution in [2.75, 3.05) is 14.2 Å². The summed E-state index contributed by atoms with van der Waals surface area (Å²) in [6, 6.07) is 3.22. The molecule has 1 heterocycles. The maximum absolute atomic E-state index is 13.2. The summed E-state index contributed by atoms with van der Waals surface area (Å²) in [4.78, 5) is 26.6. The van der Waals surface area contributed by atoms with Gasteiger partial charge >= 0.3 is 6.09 Å². The first-order chi connectivity index (χ1) is 13.8. The topological polar surface area (TPSA) is 65.1 Å². The molecule has 0 unspecified atom stereocenters. The van der Waals surface area contributed by atoms with Crippen LogP contribution >= 0.6 is 0 Å². The van der Waals surface area contributed by atoms with Crippen LogP contribution in [0.2, 0.25) is 0 Å². The third kappa shape index (κ3) is 5.43. The molecule has 1 aliphatic rings. The fraction of sp³-hybridized carbons (Fsp3) is 0.652. The van der Waals surface area contributed by atoms with Gasteiger partial charge in [0.2, 0.25) is 0 Å². The fourth-order valence-corrected chi connectivity index (χ4v) is 4.08. The number of nitrogens with zero attached hydrogens (tertiary/aromatic N) is 1. The minimum absolute atomic E-state index is 0.0603. The van der Waals surface area contributed by atoms with Crippen LogP contribution in [0, 0.1) is 0 Å². The zero-order valence-electron chi connectivity index (χ0n) is 18.6. The first-order valence-corrected chi connectivity index (χ1v) is 10.5. The number of rotatable bonds is 8. The number of carbonyl (C=O) groups is 2. The van der Waals surface area contributed by atoms with E-state index in [2.05, 4.69) is 6.92 Å². The van der Waals surface area contributed by atoms with Crippen LogP contribution in [-0.4, -0.2) is 43.1 Å². The van der Waals surface area contributed by atoms with Crippen LogP contribution in [0.25, 0.3) is 0 Å². The number of amides is 1. The van der Waals surface area contributed by atoms with Crippen LogP contribution in [0.15, 0.2) is 12.1 Å². The summed E-state index contributed by atoms with van der Waals surface area (Å²) in [5.41, 5.74) is 1.24. The molecule has 162 valence electrons. The number of hydrogen-bond acceptors (Lipinski definition) is 5. The van der Waals surface area contributed by atoms with E-state index in [0.717, 1.165) is 48.8 Å². The third-order valence-corrected chi connectivity index (χ3v) is 5.28. The Morgan fingerprint density at radius 2 is 1.83 bits per heavy atom. The quantitative estimate of drug-likeness (QED) is 0.446. The molecule has 0 bridgehead atoms. The zero-order valence-corrected chi connectivity index (χ0v) is 18.6. The van der Waals surface area contributed by atoms with Gasteiger partial charge in [-0.2, -0.15) is 0 Å². The molecular formula is C23H35NO5. The lowest BCUT2D eigenvalue weighted by atomic mass is 9.84. The number of aldehydes is 1. The molecular weight excluding hydrogens is 370 g/mol. The van der Waals surface area contributed by atoms with E-state index in [9.17, 15) is 9.59 Å². The van der Waals surface area contributed by atoms with E-state index < -0.39 is 11.6 Å². The van der Waals surface area contributed by atoms with Crippen LogP contribution in [-0.2, 0) is 16.0 Å². The van der Waals surface area contributed by atoms with E-state index in [1.165, 1.54) is 0 Å². The van der Waals surface area contributed by atoms with Gasteiger partial charge in [-0.05, 0) is 45.7 Å². The highest BCUT2D eigenvalue weighted by atomic mass is 16.6. The van der Waals surface area contributed by atoms with Crippen LogP contribution < -0.4 is 9.47 Å². The molecule has 0 N–H and O–H groups in total. The zero-order chi connectivity index (χ0) is 21.6. The molecule has 0 saturated carbocycles. The summed E-state index contributed by atoms with van der Waals surface area (Å²) in [5.74, 6) is 1.43. The summed E-state index contributed by atoms with van der Waals surface area (Å²) < 4.78 is 16.9. The van der Waals surface area contributed by atoms with Gasteiger partial charge in [0.1, 0.15) is 23.4 Å². The average molecular weight is 406 g/mol. The van der Waals surface area contributed by atoms with Crippen molar-refractivity contribution in [3.05, 3.63) is 23.3 Å². The van der Waals surface area contributed by atoms with Gasteiger partial charge in [-0.1, -0.05) is 26.2 Å². The molecule has 1 aliphatic heterocycles. The maximum Gasteiger partial charge on any atom is 0.411 e. The van der Waals surface area contributed by atoms with Crippen LogP contribution in [0.1, 0.15) is 77.0 Å². The third-order valence-electron chi connectivity index (χ3n) is 5.28. The molecule has 6 nitrogen and oxygen atoms in total. The Kier molecular flexibility index (Phi) is 7.94. The molecule has 6 heteroatoms. The summed E-state index contributed by atoms with van der Waals surface area (Å²) in [5, 5.41) is 0. The van der Waals surface area contributed by atoms with Gasteiger partial charge in [-0.15, -0.1) is 0 Å². The Bertz CT molecular complexity index is 710. The van der Waals surface area contributed by atoms with Gasteiger partial charge < -0.3 is 19.0 Å². The van der Waals surface area contributed by atoms with E-state index in [1.54, 1.807) is 19.1 Å². The molecule has 2 atom stereocenters. The Hall–Kier alpha value is -2.24. The second kappa shape index (κ2) is 9.99. The Morgan fingerprint density at radius 1 is 1.17 bits per heavy atom. The largest absolute Gasteiger partial charge is 0.496 e. The highest BCUT2D eigenvalue weighted by Crippen LogP contribution is 2.45. The van der Waals surface area contributed by atoms with Crippen molar-refractivity contribution in [2.24, 2.45) is 0 Å². The molecule has 0 spiro atoms. The van der Waals surface area contributed by atoms with Crippen molar-refractivity contribution in [1.29, 1.82) is 0 Å². The van der Waals surface area contributed by atoms with Gasteiger partial charge in [-0.25, -0.2) is 4.79 Å².